The Kier molecular flexibility index (Phi) is 5.41. The Labute approximate surface area is 124 Å². The molecule has 21 heavy (non-hydrogen) atoms. The van der Waals surface area contributed by atoms with Gasteiger partial charge in [0, 0.05) is 18.3 Å². The molecule has 0 saturated heterocycles. The first-order valence-electron chi connectivity index (χ1n) is 6.67. The van der Waals surface area contributed by atoms with Gasteiger partial charge in [0.05, 0.1) is 7.11 Å². The van der Waals surface area contributed by atoms with E-state index in [9.17, 15) is 4.79 Å². The number of nitrogens with one attached hydrogen (secondary N) is 2. The Morgan fingerprint density at radius 2 is 1.81 bits per heavy atom. The molecule has 0 fully saturated rings. The van der Waals surface area contributed by atoms with Gasteiger partial charge in [-0.2, -0.15) is 0 Å². The molecule has 108 valence electrons. The Morgan fingerprint density at radius 3 is 2.57 bits per heavy atom. The lowest BCUT2D eigenvalue weighted by molar-refractivity contribution is 0.243. The standard InChI is InChI=1S/C17H18N2O2/c1-21-16-10-6-5-9-15(16)13-19-17(20)18-12-11-14-7-3-2-4-8-14/h2-12H,13H2,1H3,(H2,18,19,20)/b12-11+. The Balaban J connectivity index is 1.81. The molecular weight excluding hydrogens is 264 g/mol. The molecule has 2 amide bonds. The van der Waals surface area contributed by atoms with E-state index in [0.29, 0.717) is 6.54 Å². The van der Waals surface area contributed by atoms with Gasteiger partial charge in [0.1, 0.15) is 5.75 Å². The van der Waals surface area contributed by atoms with Crippen LogP contribution >= 0.6 is 0 Å². The third-order valence-electron chi connectivity index (χ3n) is 2.92. The van der Waals surface area contributed by atoms with Gasteiger partial charge in [0.2, 0.25) is 0 Å². The highest BCUT2D eigenvalue weighted by atomic mass is 16.5. The summed E-state index contributed by atoms with van der Waals surface area (Å²) in [4.78, 5) is 11.7. The smallest absolute Gasteiger partial charge is 0.319 e. The first kappa shape index (κ1) is 14.7. The maximum atomic E-state index is 11.7. The lowest BCUT2D eigenvalue weighted by Crippen LogP contribution is -2.31. The van der Waals surface area contributed by atoms with E-state index < -0.39 is 0 Å². The molecule has 2 N–H and O–H groups in total. The van der Waals surface area contributed by atoms with Crippen molar-refractivity contribution in [1.82, 2.24) is 10.6 Å². The van der Waals surface area contributed by atoms with E-state index in [2.05, 4.69) is 10.6 Å². The molecule has 0 spiro atoms. The van der Waals surface area contributed by atoms with Crippen LogP contribution in [-0.2, 0) is 6.54 Å². The van der Waals surface area contributed by atoms with Crippen LogP contribution in [0.1, 0.15) is 11.1 Å². The number of para-hydroxylation sites is 1. The van der Waals surface area contributed by atoms with Crippen LogP contribution in [0.3, 0.4) is 0 Å². The largest absolute Gasteiger partial charge is 0.496 e. The fourth-order valence-electron chi connectivity index (χ4n) is 1.85. The third kappa shape index (κ3) is 4.69. The number of hydrogen-bond donors (Lipinski definition) is 2. The molecule has 0 atom stereocenters. The maximum Gasteiger partial charge on any atom is 0.319 e. The number of methoxy groups -OCH3 is 1. The Morgan fingerprint density at radius 1 is 1.10 bits per heavy atom. The van der Waals surface area contributed by atoms with Gasteiger partial charge in [0.25, 0.3) is 0 Å². The number of rotatable bonds is 5. The van der Waals surface area contributed by atoms with Crippen LogP contribution in [0.25, 0.3) is 6.08 Å². The number of ether oxygens (including phenoxy) is 1. The van der Waals surface area contributed by atoms with Crippen molar-refractivity contribution in [2.24, 2.45) is 0 Å². The molecule has 0 aliphatic carbocycles. The second kappa shape index (κ2) is 7.75. The van der Waals surface area contributed by atoms with Gasteiger partial charge in [-0.15, -0.1) is 0 Å². The predicted octanol–water partition coefficient (Wildman–Crippen LogP) is 3.17. The number of urea groups is 1. The summed E-state index contributed by atoms with van der Waals surface area (Å²) in [7, 11) is 1.61. The zero-order chi connectivity index (χ0) is 14.9. The van der Waals surface area contributed by atoms with Gasteiger partial charge in [-0.3, -0.25) is 0 Å². The van der Waals surface area contributed by atoms with Gasteiger partial charge < -0.3 is 15.4 Å². The average molecular weight is 282 g/mol. The molecule has 0 aromatic heterocycles. The van der Waals surface area contributed by atoms with Crippen molar-refractivity contribution in [1.29, 1.82) is 0 Å². The topological polar surface area (TPSA) is 50.4 Å². The summed E-state index contributed by atoms with van der Waals surface area (Å²) in [6.07, 6.45) is 3.45. The van der Waals surface area contributed by atoms with E-state index >= 15 is 0 Å². The van der Waals surface area contributed by atoms with E-state index in [-0.39, 0.29) is 6.03 Å². The fraction of sp³-hybridized carbons (Fsp3) is 0.118. The van der Waals surface area contributed by atoms with Crippen LogP contribution in [0.15, 0.2) is 60.8 Å². The summed E-state index contributed by atoms with van der Waals surface area (Å²) >= 11 is 0. The minimum Gasteiger partial charge on any atom is -0.496 e. The van der Waals surface area contributed by atoms with Crippen molar-refractivity contribution in [2.45, 2.75) is 6.54 Å². The molecule has 0 saturated carbocycles. The molecule has 2 rings (SSSR count). The van der Waals surface area contributed by atoms with Crippen LogP contribution in [0.2, 0.25) is 0 Å². The summed E-state index contributed by atoms with van der Waals surface area (Å²) < 4.78 is 5.23. The normalized spacial score (nSPS) is 10.3. The lowest BCUT2D eigenvalue weighted by Gasteiger charge is -2.09. The summed E-state index contributed by atoms with van der Waals surface area (Å²) in [6, 6.07) is 17.1. The van der Waals surface area contributed by atoms with Crippen molar-refractivity contribution < 1.29 is 9.53 Å². The van der Waals surface area contributed by atoms with E-state index in [1.54, 1.807) is 13.3 Å². The Bertz CT molecular complexity index is 609. The summed E-state index contributed by atoms with van der Waals surface area (Å²) in [6.45, 7) is 0.412. The Hall–Kier alpha value is -2.75. The van der Waals surface area contributed by atoms with Crippen LogP contribution in [-0.4, -0.2) is 13.1 Å². The van der Waals surface area contributed by atoms with Gasteiger partial charge in [-0.25, -0.2) is 4.79 Å². The molecule has 0 unspecified atom stereocenters. The highest BCUT2D eigenvalue weighted by molar-refractivity contribution is 5.75. The molecule has 0 aliphatic rings. The zero-order valence-electron chi connectivity index (χ0n) is 11.9. The molecule has 0 heterocycles. The first-order chi connectivity index (χ1) is 10.3. The second-order valence-electron chi connectivity index (χ2n) is 4.38. The van der Waals surface area contributed by atoms with E-state index in [1.807, 2.05) is 60.7 Å². The monoisotopic (exact) mass is 282 g/mol. The van der Waals surface area contributed by atoms with Crippen LogP contribution < -0.4 is 15.4 Å². The fourth-order valence-corrected chi connectivity index (χ4v) is 1.85. The van der Waals surface area contributed by atoms with Crippen molar-refractivity contribution in [2.75, 3.05) is 7.11 Å². The number of amides is 2. The van der Waals surface area contributed by atoms with Crippen molar-refractivity contribution in [3.8, 4) is 5.75 Å². The predicted molar refractivity (Wildman–Crippen MR) is 83.8 cm³/mol. The van der Waals surface area contributed by atoms with Gasteiger partial charge in [-0.05, 0) is 17.7 Å². The minimum atomic E-state index is -0.256. The third-order valence-corrected chi connectivity index (χ3v) is 2.92. The highest BCUT2D eigenvalue weighted by Crippen LogP contribution is 2.16. The summed E-state index contributed by atoms with van der Waals surface area (Å²) in [5.74, 6) is 0.762. The van der Waals surface area contributed by atoms with Crippen molar-refractivity contribution in [3.05, 3.63) is 71.9 Å². The van der Waals surface area contributed by atoms with E-state index in [4.69, 9.17) is 4.74 Å². The maximum absolute atomic E-state index is 11.7. The molecule has 4 nitrogen and oxygen atoms in total. The van der Waals surface area contributed by atoms with E-state index in [1.165, 1.54) is 0 Å². The van der Waals surface area contributed by atoms with Crippen molar-refractivity contribution >= 4 is 12.1 Å². The van der Waals surface area contributed by atoms with Gasteiger partial charge in [0.15, 0.2) is 0 Å². The van der Waals surface area contributed by atoms with Crippen LogP contribution in [0.4, 0.5) is 4.79 Å². The second-order valence-corrected chi connectivity index (χ2v) is 4.38. The first-order valence-corrected chi connectivity index (χ1v) is 6.67. The number of carbonyl (C=O) groups excluding carboxylic acids is 1. The van der Waals surface area contributed by atoms with Crippen LogP contribution in [0.5, 0.6) is 5.75 Å². The highest BCUT2D eigenvalue weighted by Gasteiger charge is 2.03. The molecule has 2 aromatic rings. The number of benzene rings is 2. The average Bonchev–Trinajstić information content (AvgIpc) is 2.54. The molecule has 0 bridgehead atoms. The summed E-state index contributed by atoms with van der Waals surface area (Å²) in [5, 5.41) is 5.45. The molecule has 0 aliphatic heterocycles. The van der Waals surface area contributed by atoms with Gasteiger partial charge >= 0.3 is 6.03 Å². The lowest BCUT2D eigenvalue weighted by atomic mass is 10.2. The molecule has 0 radical (unpaired) electrons. The summed E-state index contributed by atoms with van der Waals surface area (Å²) in [5.41, 5.74) is 1.96. The molecular formula is C17H18N2O2. The molecule has 4 heteroatoms. The zero-order valence-corrected chi connectivity index (χ0v) is 11.9. The number of carbonyl (C=O) groups is 1. The van der Waals surface area contributed by atoms with Gasteiger partial charge in [-0.1, -0.05) is 48.5 Å². The molecule has 2 aromatic carbocycles. The minimum absolute atomic E-state index is 0.256. The van der Waals surface area contributed by atoms with Crippen LogP contribution in [0, 0.1) is 0 Å². The quantitative estimate of drug-likeness (QED) is 0.885. The number of hydrogen-bond acceptors (Lipinski definition) is 2. The van der Waals surface area contributed by atoms with Crippen molar-refractivity contribution in [3.63, 3.8) is 0 Å². The van der Waals surface area contributed by atoms with E-state index in [0.717, 1.165) is 16.9 Å². The SMILES string of the molecule is COc1ccccc1CNC(=O)N/C=C/c1ccccc1.